The van der Waals surface area contributed by atoms with E-state index in [-0.39, 0.29) is 27.6 Å². The summed E-state index contributed by atoms with van der Waals surface area (Å²) in [5.41, 5.74) is 10.1. The predicted molar refractivity (Wildman–Crippen MR) is 143 cm³/mol. The number of carboxylic acid groups (broad SMARTS) is 1. The Morgan fingerprint density at radius 3 is 2.47 bits per heavy atom. The second kappa shape index (κ2) is 7.20. The van der Waals surface area contributed by atoms with E-state index in [1.807, 2.05) is 0 Å². The monoisotopic (exact) mass is 493 g/mol. The van der Waals surface area contributed by atoms with Gasteiger partial charge in [-0.15, -0.1) is 0 Å². The fourth-order valence-corrected chi connectivity index (χ4v) is 11.3. The van der Waals surface area contributed by atoms with Crippen LogP contribution in [0.4, 0.5) is 5.82 Å². The second-order valence-corrected chi connectivity index (χ2v) is 15.0. The fraction of sp³-hybridized carbons (Fsp3) is 0.806. The van der Waals surface area contributed by atoms with Gasteiger partial charge < -0.3 is 10.8 Å². The van der Waals surface area contributed by atoms with Crippen molar-refractivity contribution in [3.63, 3.8) is 0 Å². The molecule has 1 aromatic heterocycles. The highest BCUT2D eigenvalue weighted by Crippen LogP contribution is 2.75. The molecule has 36 heavy (non-hydrogen) atoms. The number of allylic oxidation sites excluding steroid dienone is 2. The Bertz CT molecular complexity index is 1150. The molecule has 3 fully saturated rings. The van der Waals surface area contributed by atoms with Crippen LogP contribution in [0, 0.1) is 51.2 Å². The second-order valence-electron chi connectivity index (χ2n) is 15.0. The number of carbonyl (C=O) groups is 1. The van der Waals surface area contributed by atoms with Gasteiger partial charge in [0.05, 0.1) is 11.1 Å². The number of carboxylic acids is 1. The van der Waals surface area contributed by atoms with E-state index < -0.39 is 11.4 Å². The van der Waals surface area contributed by atoms with Crippen molar-refractivity contribution in [3.05, 3.63) is 22.9 Å². The normalized spacial score (nSPS) is 49.0. The molecule has 0 radical (unpaired) electrons. The molecule has 0 saturated heterocycles. The number of aromatic nitrogens is 2. The lowest BCUT2D eigenvalue weighted by atomic mass is 9.33. The third kappa shape index (κ3) is 2.63. The van der Waals surface area contributed by atoms with Crippen LogP contribution < -0.4 is 5.73 Å². The van der Waals surface area contributed by atoms with Gasteiger partial charge >= 0.3 is 5.97 Å². The van der Waals surface area contributed by atoms with Gasteiger partial charge in [-0.05, 0) is 97.2 Å². The van der Waals surface area contributed by atoms with Gasteiger partial charge in [0.1, 0.15) is 5.82 Å². The third-order valence-corrected chi connectivity index (χ3v) is 13.6. The number of anilines is 1. The molecule has 1 unspecified atom stereocenters. The highest BCUT2D eigenvalue weighted by molar-refractivity contribution is 5.76. The first kappa shape index (κ1) is 24.6. The number of aliphatic carboxylic acids is 1. The lowest BCUT2D eigenvalue weighted by Crippen LogP contribution is -2.65. The molecule has 0 bridgehead atoms. The minimum absolute atomic E-state index is 0.0129. The van der Waals surface area contributed by atoms with Crippen molar-refractivity contribution < 1.29 is 9.90 Å². The summed E-state index contributed by atoms with van der Waals surface area (Å²) in [5, 5.41) is 18.4. The summed E-state index contributed by atoms with van der Waals surface area (Å²) >= 11 is 0. The highest BCUT2D eigenvalue weighted by atomic mass is 16.4. The minimum Gasteiger partial charge on any atom is -0.481 e. The Morgan fingerprint density at radius 1 is 1.06 bits per heavy atom. The molecule has 5 nitrogen and oxygen atoms in total. The van der Waals surface area contributed by atoms with E-state index in [4.69, 9.17) is 10.8 Å². The number of fused-ring (bicyclic) bond motifs is 8. The van der Waals surface area contributed by atoms with Gasteiger partial charge in [0.25, 0.3) is 0 Å². The minimum atomic E-state index is -0.575. The maximum atomic E-state index is 12.9. The molecule has 1 aromatic rings. The van der Waals surface area contributed by atoms with E-state index in [1.165, 1.54) is 29.7 Å². The number of nitrogens with one attached hydrogen (secondary N) is 1. The summed E-state index contributed by atoms with van der Waals surface area (Å²) < 4.78 is 0. The van der Waals surface area contributed by atoms with Crippen LogP contribution in [0.15, 0.2) is 11.6 Å². The number of nitrogens with zero attached hydrogens (tertiary/aromatic N) is 1. The molecular weight excluding hydrogens is 446 g/mol. The van der Waals surface area contributed by atoms with E-state index in [0.717, 1.165) is 44.3 Å². The fourth-order valence-electron chi connectivity index (χ4n) is 11.3. The van der Waals surface area contributed by atoms with Crippen LogP contribution in [-0.4, -0.2) is 21.3 Å². The lowest BCUT2D eigenvalue weighted by molar-refractivity contribution is -0.179. The Balaban J connectivity index is 1.49. The number of hydrogen-bond acceptors (Lipinski definition) is 3. The SMILES string of the molecule is C[C@H]1[C@H](C)CC[C@]2(C(=O)O)CC[C@]3(C)C(=CCC4[C@@]5(C)Cc6c(n[nH]c6N)C(C)(C)[C@@H]5CC[C@]43C)[C@H]12. The Hall–Kier alpha value is -1.78. The van der Waals surface area contributed by atoms with Gasteiger partial charge in [-0.3, -0.25) is 9.89 Å². The standard InChI is InChI=1S/C31H47N3O2/c1-17-10-13-31(26(35)36)15-14-29(6)20(23(31)18(17)2)8-9-22-28(5)16-19-24(33-34-25(19)32)27(3,4)21(28)11-12-30(22,29)7/h8,17-18,21-23H,9-16H2,1-7H3,(H,35,36)(H3,32,33,34)/t17-,18+,21+,22?,23+,28+,29-,30-,31+/m1/s1. The predicted octanol–water partition coefficient (Wildman–Crippen LogP) is 6.75. The van der Waals surface area contributed by atoms with E-state index in [1.54, 1.807) is 0 Å². The zero-order valence-corrected chi connectivity index (χ0v) is 23.5. The molecule has 0 aromatic carbocycles. The third-order valence-electron chi connectivity index (χ3n) is 13.6. The summed E-state index contributed by atoms with van der Waals surface area (Å²) in [6, 6.07) is 0. The van der Waals surface area contributed by atoms with Crippen LogP contribution in [0.5, 0.6) is 0 Å². The largest absolute Gasteiger partial charge is 0.481 e. The molecule has 0 amide bonds. The molecule has 0 aliphatic heterocycles. The number of H-pyrrole nitrogens is 1. The molecule has 3 saturated carbocycles. The Kier molecular flexibility index (Phi) is 4.91. The molecule has 5 aliphatic carbocycles. The maximum absolute atomic E-state index is 12.9. The molecule has 9 atom stereocenters. The zero-order valence-electron chi connectivity index (χ0n) is 23.5. The summed E-state index contributed by atoms with van der Waals surface area (Å²) in [5.74, 6) is 2.46. The van der Waals surface area contributed by atoms with Crippen molar-refractivity contribution >= 4 is 11.8 Å². The van der Waals surface area contributed by atoms with Crippen LogP contribution in [0.3, 0.4) is 0 Å². The average Bonchev–Trinajstić information content (AvgIpc) is 3.17. The molecule has 5 heteroatoms. The first-order valence-corrected chi connectivity index (χ1v) is 14.5. The topological polar surface area (TPSA) is 92.0 Å². The smallest absolute Gasteiger partial charge is 0.310 e. The zero-order chi connectivity index (χ0) is 26.1. The maximum Gasteiger partial charge on any atom is 0.310 e. The molecule has 6 rings (SSSR count). The van der Waals surface area contributed by atoms with Crippen LogP contribution in [0.1, 0.15) is 105 Å². The summed E-state index contributed by atoms with van der Waals surface area (Å²) in [6.45, 7) is 17.1. The molecular formula is C31H47N3O2. The average molecular weight is 494 g/mol. The van der Waals surface area contributed by atoms with Crippen LogP contribution in [-0.2, 0) is 16.6 Å². The van der Waals surface area contributed by atoms with Gasteiger partial charge in [-0.1, -0.05) is 60.1 Å². The van der Waals surface area contributed by atoms with Crippen LogP contribution >= 0.6 is 0 Å². The van der Waals surface area contributed by atoms with Crippen LogP contribution in [0.25, 0.3) is 0 Å². The first-order valence-electron chi connectivity index (χ1n) is 14.5. The Morgan fingerprint density at radius 2 is 1.78 bits per heavy atom. The van der Waals surface area contributed by atoms with E-state index in [0.29, 0.717) is 23.7 Å². The van der Waals surface area contributed by atoms with Crippen molar-refractivity contribution in [2.24, 2.45) is 51.2 Å². The van der Waals surface area contributed by atoms with Gasteiger partial charge in [0.2, 0.25) is 0 Å². The van der Waals surface area contributed by atoms with Gasteiger partial charge in [0, 0.05) is 11.0 Å². The van der Waals surface area contributed by atoms with Gasteiger partial charge in [-0.25, -0.2) is 0 Å². The first-order chi connectivity index (χ1) is 16.7. The summed E-state index contributed by atoms with van der Waals surface area (Å²) in [7, 11) is 0. The quantitative estimate of drug-likeness (QED) is 0.377. The number of rotatable bonds is 1. The molecule has 5 aliphatic rings. The highest BCUT2D eigenvalue weighted by Gasteiger charge is 2.69. The van der Waals surface area contributed by atoms with Gasteiger partial charge in [0.15, 0.2) is 0 Å². The van der Waals surface area contributed by atoms with E-state index >= 15 is 0 Å². The molecule has 0 spiro atoms. The number of nitrogens with two attached hydrogens (primary N) is 1. The molecule has 4 N–H and O–H groups in total. The summed E-state index contributed by atoms with van der Waals surface area (Å²) in [6.07, 6.45) is 10.7. The molecule has 198 valence electrons. The molecule has 1 heterocycles. The van der Waals surface area contributed by atoms with E-state index in [9.17, 15) is 9.90 Å². The van der Waals surface area contributed by atoms with Crippen molar-refractivity contribution in [1.82, 2.24) is 10.2 Å². The summed E-state index contributed by atoms with van der Waals surface area (Å²) in [4.78, 5) is 12.9. The number of hydrogen-bond donors (Lipinski definition) is 3. The lowest BCUT2D eigenvalue weighted by Gasteiger charge is -2.70. The van der Waals surface area contributed by atoms with Crippen molar-refractivity contribution in [2.45, 2.75) is 105 Å². The Labute approximate surface area is 217 Å². The van der Waals surface area contributed by atoms with Gasteiger partial charge in [-0.2, -0.15) is 5.10 Å². The number of nitrogen functional groups attached to an aromatic ring is 1. The number of aromatic amines is 1. The van der Waals surface area contributed by atoms with Crippen LogP contribution in [0.2, 0.25) is 0 Å². The van der Waals surface area contributed by atoms with Crippen molar-refractivity contribution in [1.29, 1.82) is 0 Å². The van der Waals surface area contributed by atoms with E-state index in [2.05, 4.69) is 59.6 Å². The van der Waals surface area contributed by atoms with Crippen molar-refractivity contribution in [2.75, 3.05) is 5.73 Å². The van der Waals surface area contributed by atoms with Crippen molar-refractivity contribution in [3.8, 4) is 0 Å².